The number of carbonyl (C=O) groups is 1. The van der Waals surface area contributed by atoms with Gasteiger partial charge in [0.15, 0.2) is 0 Å². The van der Waals surface area contributed by atoms with Crippen LogP contribution in [-0.2, 0) is 4.79 Å². The first-order valence-corrected chi connectivity index (χ1v) is 8.10. The van der Waals surface area contributed by atoms with Gasteiger partial charge >= 0.3 is 0 Å². The Balaban J connectivity index is 1.88. The van der Waals surface area contributed by atoms with Gasteiger partial charge in [-0.3, -0.25) is 4.79 Å². The highest BCUT2D eigenvalue weighted by Gasteiger charge is 2.05. The molecule has 0 aromatic heterocycles. The van der Waals surface area contributed by atoms with Crippen molar-refractivity contribution in [3.05, 3.63) is 47.5 Å². The van der Waals surface area contributed by atoms with Crippen molar-refractivity contribution < 1.29 is 14.3 Å². The zero-order valence-corrected chi connectivity index (χ0v) is 14.5. The molecule has 1 amide bonds. The van der Waals surface area contributed by atoms with E-state index in [-0.39, 0.29) is 12.5 Å². The summed E-state index contributed by atoms with van der Waals surface area (Å²) in [7, 11) is 1.56. The molecule has 24 heavy (non-hydrogen) atoms. The molecule has 2 rings (SSSR count). The van der Waals surface area contributed by atoms with Gasteiger partial charge in [0.1, 0.15) is 11.5 Å². The van der Waals surface area contributed by atoms with Gasteiger partial charge in [0.2, 0.25) is 5.91 Å². The monoisotopic (exact) mass is 348 g/mol. The molecule has 5 nitrogen and oxygen atoms in total. The van der Waals surface area contributed by atoms with Crippen molar-refractivity contribution in [2.24, 2.45) is 0 Å². The minimum Gasteiger partial charge on any atom is -0.495 e. The summed E-state index contributed by atoms with van der Waals surface area (Å²) in [6, 6.07) is 12.6. The fraction of sp³-hybridized carbons (Fsp3) is 0.278. The van der Waals surface area contributed by atoms with Crippen LogP contribution in [0.25, 0.3) is 0 Å². The number of amides is 1. The van der Waals surface area contributed by atoms with Crippen LogP contribution in [-0.4, -0.2) is 26.2 Å². The predicted octanol–water partition coefficient (Wildman–Crippen LogP) is 4.19. The quantitative estimate of drug-likeness (QED) is 0.751. The summed E-state index contributed by atoms with van der Waals surface area (Å²) in [4.78, 5) is 12.0. The Hall–Kier alpha value is -2.40. The second kappa shape index (κ2) is 9.03. The van der Waals surface area contributed by atoms with Crippen LogP contribution in [0.15, 0.2) is 42.5 Å². The number of rotatable bonds is 8. The minimum atomic E-state index is -0.158. The lowest BCUT2D eigenvalue weighted by molar-refractivity contribution is -0.114. The Bertz CT molecular complexity index is 692. The van der Waals surface area contributed by atoms with Crippen molar-refractivity contribution in [2.45, 2.75) is 13.3 Å². The van der Waals surface area contributed by atoms with Crippen LogP contribution in [0.4, 0.5) is 11.4 Å². The Morgan fingerprint density at radius 3 is 2.71 bits per heavy atom. The number of carbonyl (C=O) groups excluding carboxylic acids is 1. The maximum atomic E-state index is 12.0. The molecule has 0 unspecified atom stereocenters. The third-order valence-corrected chi connectivity index (χ3v) is 3.49. The van der Waals surface area contributed by atoms with Crippen molar-refractivity contribution >= 4 is 28.9 Å². The zero-order chi connectivity index (χ0) is 17.4. The highest BCUT2D eigenvalue weighted by atomic mass is 35.5. The van der Waals surface area contributed by atoms with E-state index in [0.717, 1.165) is 17.9 Å². The fourth-order valence-electron chi connectivity index (χ4n) is 2.05. The molecule has 0 spiro atoms. The average Bonchev–Trinajstić information content (AvgIpc) is 2.58. The van der Waals surface area contributed by atoms with Crippen LogP contribution in [0.2, 0.25) is 5.02 Å². The molecular weight excluding hydrogens is 328 g/mol. The fourth-order valence-corrected chi connectivity index (χ4v) is 2.31. The lowest BCUT2D eigenvalue weighted by Crippen LogP contribution is -2.21. The summed E-state index contributed by atoms with van der Waals surface area (Å²) in [5.74, 6) is 1.18. The maximum Gasteiger partial charge on any atom is 0.243 e. The van der Waals surface area contributed by atoms with Crippen molar-refractivity contribution in [2.75, 3.05) is 30.9 Å². The van der Waals surface area contributed by atoms with Crippen molar-refractivity contribution in [1.82, 2.24) is 0 Å². The molecule has 0 atom stereocenters. The Labute approximate surface area is 146 Å². The summed E-state index contributed by atoms with van der Waals surface area (Å²) >= 11 is 6.05. The van der Waals surface area contributed by atoms with Gasteiger partial charge in [-0.2, -0.15) is 0 Å². The Kier molecular flexibility index (Phi) is 6.75. The number of ether oxygens (including phenoxy) is 2. The van der Waals surface area contributed by atoms with Gasteiger partial charge in [0.05, 0.1) is 25.3 Å². The summed E-state index contributed by atoms with van der Waals surface area (Å²) in [5.41, 5.74) is 1.44. The number of methoxy groups -OCH3 is 1. The van der Waals surface area contributed by atoms with E-state index >= 15 is 0 Å². The smallest absolute Gasteiger partial charge is 0.243 e. The zero-order valence-electron chi connectivity index (χ0n) is 13.8. The van der Waals surface area contributed by atoms with E-state index < -0.39 is 0 Å². The molecule has 128 valence electrons. The first kappa shape index (κ1) is 17.9. The lowest BCUT2D eigenvalue weighted by Gasteiger charge is -2.11. The number of hydrogen-bond donors (Lipinski definition) is 2. The SMILES string of the molecule is CCCOc1cccc(NC(=O)CNc2ccc(OC)c(Cl)c2)c1. The topological polar surface area (TPSA) is 59.6 Å². The van der Waals surface area contributed by atoms with E-state index in [9.17, 15) is 4.79 Å². The van der Waals surface area contributed by atoms with Crippen molar-refractivity contribution in [3.8, 4) is 11.5 Å². The summed E-state index contributed by atoms with van der Waals surface area (Å²) < 4.78 is 10.6. The van der Waals surface area contributed by atoms with Gasteiger partial charge in [-0.1, -0.05) is 24.6 Å². The van der Waals surface area contributed by atoms with E-state index in [4.69, 9.17) is 21.1 Å². The average molecular weight is 349 g/mol. The summed E-state index contributed by atoms with van der Waals surface area (Å²) in [6.45, 7) is 2.82. The van der Waals surface area contributed by atoms with Crippen LogP contribution in [0.3, 0.4) is 0 Å². The predicted molar refractivity (Wildman–Crippen MR) is 97.4 cm³/mol. The molecule has 0 saturated carbocycles. The highest BCUT2D eigenvalue weighted by Crippen LogP contribution is 2.27. The minimum absolute atomic E-state index is 0.128. The van der Waals surface area contributed by atoms with E-state index in [0.29, 0.717) is 23.1 Å². The van der Waals surface area contributed by atoms with Gasteiger partial charge < -0.3 is 20.1 Å². The molecule has 0 aliphatic rings. The van der Waals surface area contributed by atoms with E-state index in [1.165, 1.54) is 0 Å². The van der Waals surface area contributed by atoms with Crippen LogP contribution in [0, 0.1) is 0 Å². The van der Waals surface area contributed by atoms with Crippen LogP contribution in [0.5, 0.6) is 11.5 Å². The molecule has 0 saturated heterocycles. The molecule has 0 heterocycles. The number of halogens is 1. The number of hydrogen-bond acceptors (Lipinski definition) is 4. The molecule has 2 aromatic rings. The number of benzene rings is 2. The van der Waals surface area contributed by atoms with Gasteiger partial charge in [0.25, 0.3) is 0 Å². The van der Waals surface area contributed by atoms with E-state index in [1.54, 1.807) is 31.4 Å². The Morgan fingerprint density at radius 1 is 1.17 bits per heavy atom. The van der Waals surface area contributed by atoms with Gasteiger partial charge in [-0.15, -0.1) is 0 Å². The molecule has 0 fully saturated rings. The standard InChI is InChI=1S/C18H21ClN2O3/c1-3-9-24-15-6-4-5-14(10-15)21-18(22)12-20-13-7-8-17(23-2)16(19)11-13/h4-8,10-11,20H,3,9,12H2,1-2H3,(H,21,22). The molecule has 0 bridgehead atoms. The third kappa shape index (κ3) is 5.35. The highest BCUT2D eigenvalue weighted by molar-refractivity contribution is 6.32. The first-order chi connectivity index (χ1) is 11.6. The van der Waals surface area contributed by atoms with Crippen molar-refractivity contribution in [1.29, 1.82) is 0 Å². The van der Waals surface area contributed by atoms with Crippen LogP contribution >= 0.6 is 11.6 Å². The largest absolute Gasteiger partial charge is 0.495 e. The molecule has 2 aromatic carbocycles. The van der Waals surface area contributed by atoms with Gasteiger partial charge in [-0.25, -0.2) is 0 Å². The van der Waals surface area contributed by atoms with Gasteiger partial charge in [-0.05, 0) is 36.8 Å². The molecular formula is C18H21ClN2O3. The summed E-state index contributed by atoms with van der Waals surface area (Å²) in [6.07, 6.45) is 0.935. The lowest BCUT2D eigenvalue weighted by atomic mass is 10.3. The second-order valence-corrected chi connectivity index (χ2v) is 5.53. The summed E-state index contributed by atoms with van der Waals surface area (Å²) in [5, 5.41) is 6.34. The van der Waals surface area contributed by atoms with Crippen LogP contribution in [0.1, 0.15) is 13.3 Å². The van der Waals surface area contributed by atoms with E-state index in [2.05, 4.69) is 10.6 Å². The molecule has 2 N–H and O–H groups in total. The van der Waals surface area contributed by atoms with Gasteiger partial charge in [0, 0.05) is 17.4 Å². The van der Waals surface area contributed by atoms with Crippen LogP contribution < -0.4 is 20.1 Å². The maximum absolute atomic E-state index is 12.0. The third-order valence-electron chi connectivity index (χ3n) is 3.20. The van der Waals surface area contributed by atoms with E-state index in [1.807, 2.05) is 25.1 Å². The molecule has 0 aliphatic heterocycles. The number of nitrogens with one attached hydrogen (secondary N) is 2. The number of anilines is 2. The molecule has 6 heteroatoms. The molecule has 0 aliphatic carbocycles. The normalized spacial score (nSPS) is 10.1. The molecule has 0 radical (unpaired) electrons. The van der Waals surface area contributed by atoms with Crippen molar-refractivity contribution in [3.63, 3.8) is 0 Å². The first-order valence-electron chi connectivity index (χ1n) is 7.72. The Morgan fingerprint density at radius 2 is 2.00 bits per heavy atom. The second-order valence-electron chi connectivity index (χ2n) is 5.13.